The van der Waals surface area contributed by atoms with Crippen LogP contribution in [0.4, 0.5) is 0 Å². The molecule has 11 nitrogen and oxygen atoms in total. The maximum Gasteiger partial charge on any atom is 0.294 e. The Morgan fingerprint density at radius 1 is 0.951 bits per heavy atom. The van der Waals surface area contributed by atoms with Crippen molar-refractivity contribution in [2.75, 3.05) is 20.2 Å². The molecule has 6 N–H and O–H groups in total. The van der Waals surface area contributed by atoms with Gasteiger partial charge in [0.2, 0.25) is 0 Å². The van der Waals surface area contributed by atoms with Gasteiger partial charge in [0, 0.05) is 25.6 Å². The van der Waals surface area contributed by atoms with Gasteiger partial charge in [0.05, 0.1) is 22.7 Å². The van der Waals surface area contributed by atoms with E-state index < -0.39 is 20.2 Å². The fraction of sp³-hybridized carbons (Fsp3) is 0.481. The van der Waals surface area contributed by atoms with Crippen molar-refractivity contribution >= 4 is 44.4 Å². The van der Waals surface area contributed by atoms with Crippen molar-refractivity contribution < 1.29 is 30.7 Å². The fourth-order valence-electron chi connectivity index (χ4n) is 2.93. The Labute approximate surface area is 251 Å². The van der Waals surface area contributed by atoms with Crippen LogP contribution in [-0.2, 0) is 25.0 Å². The molecular weight excluding hydrogens is 592 g/mol. The minimum absolute atomic E-state index is 0. The number of benzene rings is 2. The smallest absolute Gasteiger partial charge is 0.294 e. The van der Waals surface area contributed by atoms with Gasteiger partial charge >= 0.3 is 0 Å². The third kappa shape index (κ3) is 20.9. The van der Waals surface area contributed by atoms with E-state index in [-0.39, 0.29) is 28.2 Å². The van der Waals surface area contributed by atoms with Gasteiger partial charge < -0.3 is 15.8 Å². The summed E-state index contributed by atoms with van der Waals surface area (Å²) in [7, 11) is -6.37. The first kappa shape index (κ1) is 40.6. The second-order valence-corrected chi connectivity index (χ2v) is 11.9. The molecule has 234 valence electrons. The average molecular weight is 637 g/mol. The summed E-state index contributed by atoms with van der Waals surface area (Å²) in [5.74, 6) is 1.29. The molecule has 0 fully saturated rings. The number of nitrogens with zero attached hydrogens (tertiary/aromatic N) is 1. The minimum atomic E-state index is -4.02. The summed E-state index contributed by atoms with van der Waals surface area (Å²) >= 11 is 0. The molecule has 0 spiro atoms. The van der Waals surface area contributed by atoms with Crippen molar-refractivity contribution in [3.8, 4) is 0 Å². The Kier molecular flexibility index (Phi) is 21.0. The van der Waals surface area contributed by atoms with E-state index in [2.05, 4.69) is 17.2 Å². The summed E-state index contributed by atoms with van der Waals surface area (Å²) in [6.45, 7) is 9.06. The van der Waals surface area contributed by atoms with Crippen molar-refractivity contribution in [1.82, 2.24) is 5.32 Å². The number of aliphatic imine (C=N–C) groups is 1. The number of aryl methyl sites for hydroxylation is 2. The molecule has 0 bridgehead atoms. The van der Waals surface area contributed by atoms with E-state index >= 15 is 0 Å². The molecule has 0 aromatic heterocycles. The van der Waals surface area contributed by atoms with E-state index in [1.54, 1.807) is 38.3 Å². The normalized spacial score (nSPS) is 12.0. The van der Waals surface area contributed by atoms with Gasteiger partial charge in [-0.15, -0.1) is 12.4 Å². The van der Waals surface area contributed by atoms with Crippen LogP contribution in [0.15, 0.2) is 63.3 Å². The maximum atomic E-state index is 10.5. The van der Waals surface area contributed by atoms with Gasteiger partial charge in [0.15, 0.2) is 5.90 Å². The first-order chi connectivity index (χ1) is 18.6. The number of nitrogens with one attached hydrogen (secondary N) is 2. The number of rotatable bonds is 11. The number of hydrogen-bond donors (Lipinski definition) is 5. The van der Waals surface area contributed by atoms with Crippen molar-refractivity contribution in [3.63, 3.8) is 0 Å². The molecule has 41 heavy (non-hydrogen) atoms. The van der Waals surface area contributed by atoms with Crippen LogP contribution in [0.1, 0.15) is 57.1 Å². The summed E-state index contributed by atoms with van der Waals surface area (Å²) < 4.78 is 64.3. The molecule has 0 radical (unpaired) electrons. The van der Waals surface area contributed by atoms with Crippen LogP contribution in [-0.4, -0.2) is 63.9 Å². The Bertz CT molecular complexity index is 1180. The van der Waals surface area contributed by atoms with Gasteiger partial charge in [-0.3, -0.25) is 19.5 Å². The van der Waals surface area contributed by atoms with Crippen LogP contribution in [0.2, 0.25) is 0 Å². The van der Waals surface area contributed by atoms with Crippen LogP contribution < -0.4 is 11.1 Å². The second kappa shape index (κ2) is 21.2. The predicted molar refractivity (Wildman–Crippen MR) is 167 cm³/mol. The highest BCUT2D eigenvalue weighted by atomic mass is 35.5. The van der Waals surface area contributed by atoms with Gasteiger partial charge in [0.1, 0.15) is 0 Å². The van der Waals surface area contributed by atoms with E-state index in [4.69, 9.17) is 25.0 Å². The SMILES string of the molecule is CCCC/N=C(\CCCC(N)CNC(C)=N)OC.Cc1ccc(S(=O)(=O)O)cc1.Cc1ccc(S(=O)(=O)O)cc1.Cl. The molecule has 0 saturated heterocycles. The van der Waals surface area contributed by atoms with Gasteiger partial charge in [-0.2, -0.15) is 16.8 Å². The van der Waals surface area contributed by atoms with E-state index in [0.717, 1.165) is 55.7 Å². The predicted octanol–water partition coefficient (Wildman–Crippen LogP) is 4.82. The first-order valence-corrected chi connectivity index (χ1v) is 15.7. The lowest BCUT2D eigenvalue weighted by Crippen LogP contribution is -2.35. The van der Waals surface area contributed by atoms with Crippen LogP contribution in [0.25, 0.3) is 0 Å². The molecule has 14 heteroatoms. The van der Waals surface area contributed by atoms with E-state index in [0.29, 0.717) is 12.4 Å². The van der Waals surface area contributed by atoms with Crippen molar-refractivity contribution in [3.05, 3.63) is 59.7 Å². The molecule has 0 aliphatic heterocycles. The number of halogens is 1. The quantitative estimate of drug-likeness (QED) is 0.0995. The minimum Gasteiger partial charge on any atom is -0.484 e. The van der Waals surface area contributed by atoms with Crippen molar-refractivity contribution in [1.29, 1.82) is 5.41 Å². The number of nitrogens with two attached hydrogens (primary N) is 1. The molecule has 1 unspecified atom stereocenters. The number of ether oxygens (including phenoxy) is 1. The monoisotopic (exact) mass is 636 g/mol. The van der Waals surface area contributed by atoms with E-state index in [1.807, 2.05) is 13.8 Å². The lowest BCUT2D eigenvalue weighted by Gasteiger charge is -2.12. The van der Waals surface area contributed by atoms with Gasteiger partial charge in [-0.1, -0.05) is 48.7 Å². The zero-order valence-corrected chi connectivity index (χ0v) is 26.8. The lowest BCUT2D eigenvalue weighted by molar-refractivity contribution is 0.383. The molecular formula is C27H45ClN4O7S2. The van der Waals surface area contributed by atoms with Crippen LogP contribution in [0.5, 0.6) is 0 Å². The molecule has 2 rings (SSSR count). The summed E-state index contributed by atoms with van der Waals surface area (Å²) in [5, 5.41) is 10.2. The lowest BCUT2D eigenvalue weighted by atomic mass is 10.1. The number of unbranched alkanes of at least 4 members (excludes halogenated alkanes) is 1. The molecule has 0 saturated carbocycles. The summed E-state index contributed by atoms with van der Waals surface area (Å²) in [5.41, 5.74) is 7.84. The van der Waals surface area contributed by atoms with Crippen molar-refractivity contribution in [2.24, 2.45) is 10.7 Å². The molecule has 0 aliphatic rings. The molecule has 0 heterocycles. The standard InChI is InChI=1S/C13H28N4O.2C7H8O3S.ClH/c1-4-5-9-16-13(18-3)8-6-7-12(15)10-17-11(2)14;2*1-6-2-4-7(5-3-6)11(8,9)10;/h12H,4-10,15H2,1-3H3,(H2,14,17);2*2-5H,1H3,(H,8,9,10);1H/b16-13+;;;. The summed E-state index contributed by atoms with van der Waals surface area (Å²) in [4.78, 5) is 4.27. The van der Waals surface area contributed by atoms with Crippen LogP contribution >= 0.6 is 12.4 Å². The molecule has 0 amide bonds. The number of hydrogen-bond acceptors (Lipinski definition) is 8. The highest BCUT2D eigenvalue weighted by molar-refractivity contribution is 7.86. The highest BCUT2D eigenvalue weighted by Gasteiger charge is 2.08. The zero-order chi connectivity index (χ0) is 30.8. The zero-order valence-electron chi connectivity index (χ0n) is 24.3. The highest BCUT2D eigenvalue weighted by Crippen LogP contribution is 2.09. The second-order valence-electron chi connectivity index (χ2n) is 9.07. The Morgan fingerprint density at radius 3 is 1.73 bits per heavy atom. The van der Waals surface area contributed by atoms with Crippen LogP contribution in [0.3, 0.4) is 0 Å². The van der Waals surface area contributed by atoms with Crippen LogP contribution in [0, 0.1) is 19.3 Å². The average Bonchev–Trinajstić information content (AvgIpc) is 2.87. The summed E-state index contributed by atoms with van der Waals surface area (Å²) in [6.07, 6.45) is 4.99. The topological polar surface area (TPSA) is 192 Å². The van der Waals surface area contributed by atoms with Gasteiger partial charge in [0.25, 0.3) is 20.2 Å². The van der Waals surface area contributed by atoms with E-state index in [9.17, 15) is 16.8 Å². The van der Waals surface area contributed by atoms with Crippen molar-refractivity contribution in [2.45, 2.75) is 75.6 Å². The fourth-order valence-corrected chi connectivity index (χ4v) is 3.89. The molecule has 0 aliphatic carbocycles. The largest absolute Gasteiger partial charge is 0.484 e. The first-order valence-electron chi connectivity index (χ1n) is 12.8. The Morgan fingerprint density at radius 2 is 1.39 bits per heavy atom. The molecule has 2 aromatic carbocycles. The van der Waals surface area contributed by atoms with Gasteiger partial charge in [-0.25, -0.2) is 0 Å². The van der Waals surface area contributed by atoms with Gasteiger partial charge in [-0.05, 0) is 64.3 Å². The summed E-state index contributed by atoms with van der Waals surface area (Å²) in [6, 6.07) is 12.1. The third-order valence-corrected chi connectivity index (χ3v) is 7.00. The third-order valence-electron chi connectivity index (χ3n) is 5.27. The Hall–Kier alpha value is -2.55. The Balaban J connectivity index is 0. The molecule has 1 atom stereocenters. The number of amidine groups is 1. The number of methoxy groups -OCH3 is 1. The van der Waals surface area contributed by atoms with E-state index in [1.165, 1.54) is 24.3 Å². The maximum absolute atomic E-state index is 10.5. The molecule has 2 aromatic rings.